The average molecular weight is 519 g/mol. The Morgan fingerprint density at radius 1 is 0.973 bits per heavy atom. The minimum atomic E-state index is -3.25. The third-order valence-corrected chi connectivity index (χ3v) is 9.11. The highest BCUT2D eigenvalue weighted by Gasteiger charge is 2.31. The second-order valence-corrected chi connectivity index (χ2v) is 12.4. The Morgan fingerprint density at radius 2 is 1.73 bits per heavy atom. The fraction of sp³-hybridized carbons (Fsp3) is 0.345. The summed E-state index contributed by atoms with van der Waals surface area (Å²) in [5.41, 5.74) is 5.90. The van der Waals surface area contributed by atoms with Crippen LogP contribution in [0.15, 0.2) is 59.5 Å². The van der Waals surface area contributed by atoms with Gasteiger partial charge in [0.05, 0.1) is 21.8 Å². The standard InChI is InChI=1S/C29H31FN4O2S/c1-19-24-16-28(20-6-9-23(10-7-20)37(3,35)36)32(2)29(24)17-26(31-19)21-8-11-27(25(30)15-21)34-14-13-33-12-4-5-22(33)18-34/h6-11,15-17,22H,4-5,12-14,18H2,1-3H3. The van der Waals surface area contributed by atoms with Crippen LogP contribution in [0.2, 0.25) is 0 Å². The number of piperazine rings is 1. The van der Waals surface area contributed by atoms with Crippen LogP contribution in [-0.4, -0.2) is 61.3 Å². The third-order valence-electron chi connectivity index (χ3n) is 7.98. The van der Waals surface area contributed by atoms with Gasteiger partial charge in [0.25, 0.3) is 0 Å². The van der Waals surface area contributed by atoms with Crippen LogP contribution in [0, 0.1) is 12.7 Å². The molecule has 1 unspecified atom stereocenters. The van der Waals surface area contributed by atoms with Crippen LogP contribution in [0.4, 0.5) is 10.1 Å². The Balaban J connectivity index is 1.33. The molecular weight excluding hydrogens is 487 g/mol. The Morgan fingerprint density at radius 3 is 2.46 bits per heavy atom. The van der Waals surface area contributed by atoms with Gasteiger partial charge in [-0.2, -0.15) is 0 Å². The smallest absolute Gasteiger partial charge is 0.175 e. The lowest BCUT2D eigenvalue weighted by Crippen LogP contribution is -2.50. The number of sulfone groups is 1. The monoisotopic (exact) mass is 518 g/mol. The molecule has 1 atom stereocenters. The van der Waals surface area contributed by atoms with Crippen molar-refractivity contribution in [2.24, 2.45) is 7.05 Å². The van der Waals surface area contributed by atoms with Gasteiger partial charge in [0.2, 0.25) is 0 Å². The lowest BCUT2D eigenvalue weighted by Gasteiger charge is -2.39. The summed E-state index contributed by atoms with van der Waals surface area (Å²) in [6, 6.07) is 17.0. The van der Waals surface area contributed by atoms with E-state index in [0.29, 0.717) is 16.6 Å². The molecule has 192 valence electrons. The van der Waals surface area contributed by atoms with E-state index in [1.807, 2.05) is 44.3 Å². The highest BCUT2D eigenvalue weighted by Crippen LogP contribution is 2.34. The molecule has 2 aromatic heterocycles. The minimum absolute atomic E-state index is 0.206. The summed E-state index contributed by atoms with van der Waals surface area (Å²) >= 11 is 0. The molecule has 2 aliphatic heterocycles. The number of nitrogens with zero attached hydrogens (tertiary/aromatic N) is 4. The molecule has 37 heavy (non-hydrogen) atoms. The molecule has 6 rings (SSSR count). The quantitative estimate of drug-likeness (QED) is 0.379. The van der Waals surface area contributed by atoms with E-state index in [2.05, 4.69) is 20.4 Å². The van der Waals surface area contributed by atoms with Crippen molar-refractivity contribution in [1.82, 2.24) is 14.5 Å². The van der Waals surface area contributed by atoms with Crippen LogP contribution < -0.4 is 4.90 Å². The molecule has 6 nitrogen and oxygen atoms in total. The summed E-state index contributed by atoms with van der Waals surface area (Å²) < 4.78 is 41.1. The van der Waals surface area contributed by atoms with E-state index in [0.717, 1.165) is 58.7 Å². The molecule has 4 aromatic rings. The fourth-order valence-corrected chi connectivity index (χ4v) is 6.55. The van der Waals surface area contributed by atoms with E-state index in [4.69, 9.17) is 4.98 Å². The van der Waals surface area contributed by atoms with Crippen molar-refractivity contribution >= 4 is 26.4 Å². The highest BCUT2D eigenvalue weighted by molar-refractivity contribution is 7.90. The Bertz CT molecular complexity index is 1610. The number of pyridine rings is 1. The zero-order chi connectivity index (χ0) is 25.9. The normalized spacial score (nSPS) is 18.5. The van der Waals surface area contributed by atoms with Crippen LogP contribution in [0.5, 0.6) is 0 Å². The third kappa shape index (κ3) is 4.32. The van der Waals surface area contributed by atoms with Gasteiger partial charge in [0, 0.05) is 61.3 Å². The topological polar surface area (TPSA) is 58.4 Å². The number of aryl methyl sites for hydroxylation is 2. The van der Waals surface area contributed by atoms with Gasteiger partial charge >= 0.3 is 0 Å². The molecule has 4 heterocycles. The summed E-state index contributed by atoms with van der Waals surface area (Å²) in [6.07, 6.45) is 3.64. The summed E-state index contributed by atoms with van der Waals surface area (Å²) in [6.45, 7) is 5.87. The molecule has 0 bridgehead atoms. The molecule has 0 saturated carbocycles. The number of fused-ring (bicyclic) bond motifs is 2. The average Bonchev–Trinajstić information content (AvgIpc) is 3.48. The molecule has 0 radical (unpaired) electrons. The van der Waals surface area contributed by atoms with Gasteiger partial charge < -0.3 is 9.47 Å². The number of aromatic nitrogens is 2. The maximum Gasteiger partial charge on any atom is 0.175 e. The van der Waals surface area contributed by atoms with Crippen LogP contribution in [0.25, 0.3) is 33.4 Å². The number of benzene rings is 2. The number of halogens is 1. The molecule has 2 aromatic carbocycles. The van der Waals surface area contributed by atoms with Gasteiger partial charge in [-0.15, -0.1) is 0 Å². The molecule has 8 heteroatoms. The Kier molecular flexibility index (Phi) is 5.84. The molecule has 0 aliphatic carbocycles. The number of anilines is 1. The highest BCUT2D eigenvalue weighted by atomic mass is 32.2. The lowest BCUT2D eigenvalue weighted by atomic mass is 10.1. The Hall–Kier alpha value is -3.23. The molecule has 0 N–H and O–H groups in total. The van der Waals surface area contributed by atoms with Crippen molar-refractivity contribution < 1.29 is 12.8 Å². The molecule has 0 spiro atoms. The van der Waals surface area contributed by atoms with E-state index in [-0.39, 0.29) is 5.82 Å². The van der Waals surface area contributed by atoms with Crippen LogP contribution >= 0.6 is 0 Å². The first-order valence-electron chi connectivity index (χ1n) is 12.8. The zero-order valence-corrected chi connectivity index (χ0v) is 22.2. The number of hydrogen-bond acceptors (Lipinski definition) is 5. The van der Waals surface area contributed by atoms with Crippen molar-refractivity contribution in [3.05, 3.63) is 66.1 Å². The minimum Gasteiger partial charge on any atom is -0.366 e. The van der Waals surface area contributed by atoms with E-state index in [1.165, 1.54) is 25.6 Å². The maximum atomic E-state index is 15.4. The number of rotatable bonds is 4. The lowest BCUT2D eigenvalue weighted by molar-refractivity contribution is 0.230. The summed E-state index contributed by atoms with van der Waals surface area (Å²) in [5.74, 6) is -0.206. The number of hydrogen-bond donors (Lipinski definition) is 0. The van der Waals surface area contributed by atoms with Crippen LogP contribution in [-0.2, 0) is 16.9 Å². The fourth-order valence-electron chi connectivity index (χ4n) is 5.92. The van der Waals surface area contributed by atoms with E-state index in [9.17, 15) is 8.42 Å². The predicted octanol–water partition coefficient (Wildman–Crippen LogP) is 5.04. The predicted molar refractivity (Wildman–Crippen MR) is 146 cm³/mol. The second kappa shape index (κ2) is 8.96. The zero-order valence-electron chi connectivity index (χ0n) is 21.4. The van der Waals surface area contributed by atoms with Gasteiger partial charge in [-0.25, -0.2) is 12.8 Å². The molecule has 2 saturated heterocycles. The van der Waals surface area contributed by atoms with Crippen molar-refractivity contribution in [1.29, 1.82) is 0 Å². The summed E-state index contributed by atoms with van der Waals surface area (Å²) in [4.78, 5) is 9.82. The SMILES string of the molecule is Cc1nc(-c2ccc(N3CCN4CCCC4C3)c(F)c2)cc2c1cc(-c1ccc(S(C)(=O)=O)cc1)n2C. The van der Waals surface area contributed by atoms with Crippen LogP contribution in [0.3, 0.4) is 0 Å². The van der Waals surface area contributed by atoms with Crippen molar-refractivity contribution in [3.8, 4) is 22.5 Å². The van der Waals surface area contributed by atoms with Gasteiger partial charge in [0.15, 0.2) is 9.84 Å². The largest absolute Gasteiger partial charge is 0.366 e. The van der Waals surface area contributed by atoms with E-state index >= 15 is 4.39 Å². The maximum absolute atomic E-state index is 15.4. The first kappa shape index (κ1) is 24.1. The Labute approximate surface area is 217 Å². The molecular formula is C29H31FN4O2S. The van der Waals surface area contributed by atoms with Crippen molar-refractivity contribution in [2.75, 3.05) is 37.3 Å². The summed E-state index contributed by atoms with van der Waals surface area (Å²) in [7, 11) is -1.27. The van der Waals surface area contributed by atoms with Crippen molar-refractivity contribution in [2.45, 2.75) is 30.7 Å². The first-order chi connectivity index (χ1) is 17.7. The second-order valence-electron chi connectivity index (χ2n) is 10.4. The van der Waals surface area contributed by atoms with E-state index in [1.54, 1.807) is 18.2 Å². The van der Waals surface area contributed by atoms with E-state index < -0.39 is 9.84 Å². The molecule has 0 amide bonds. The van der Waals surface area contributed by atoms with Gasteiger partial charge in [0.1, 0.15) is 5.82 Å². The van der Waals surface area contributed by atoms with Crippen molar-refractivity contribution in [3.63, 3.8) is 0 Å². The summed E-state index contributed by atoms with van der Waals surface area (Å²) in [5, 5.41) is 1.01. The molecule has 2 fully saturated rings. The van der Waals surface area contributed by atoms with Crippen LogP contribution in [0.1, 0.15) is 18.5 Å². The van der Waals surface area contributed by atoms with Gasteiger partial charge in [-0.3, -0.25) is 9.88 Å². The van der Waals surface area contributed by atoms with Gasteiger partial charge in [-0.05, 0) is 68.3 Å². The first-order valence-corrected chi connectivity index (χ1v) is 14.6. The van der Waals surface area contributed by atoms with Gasteiger partial charge in [-0.1, -0.05) is 18.2 Å². The molecule has 2 aliphatic rings.